The molecule has 0 N–H and O–H groups in total. The lowest BCUT2D eigenvalue weighted by molar-refractivity contribution is 0.270. The molecule has 1 heteroatoms. The van der Waals surface area contributed by atoms with Crippen molar-refractivity contribution in [3.05, 3.63) is 0 Å². The summed E-state index contributed by atoms with van der Waals surface area (Å²) >= 11 is 0. The second-order valence-corrected chi connectivity index (χ2v) is 5.13. The number of nitrogens with zero attached hydrogens (tertiary/aromatic N) is 1. The number of hydrogen-bond donors (Lipinski definition) is 0. The summed E-state index contributed by atoms with van der Waals surface area (Å²) < 4.78 is 0. The van der Waals surface area contributed by atoms with Gasteiger partial charge in [0.2, 0.25) is 0 Å². The molecular weight excluding hydrogens is 146 g/mol. The van der Waals surface area contributed by atoms with Gasteiger partial charge in [0.25, 0.3) is 0 Å². The zero-order valence-electron chi connectivity index (χ0n) is 8.59. The van der Waals surface area contributed by atoms with E-state index in [1.165, 1.54) is 25.9 Å². The molecule has 0 amide bonds. The molecule has 1 nitrogen and oxygen atoms in total. The summed E-state index contributed by atoms with van der Waals surface area (Å²) in [5.41, 5.74) is 0. The Kier molecular flexibility index (Phi) is 2.16. The van der Waals surface area contributed by atoms with E-state index in [0.717, 1.165) is 23.7 Å². The van der Waals surface area contributed by atoms with E-state index in [1.54, 1.807) is 0 Å². The van der Waals surface area contributed by atoms with E-state index in [4.69, 9.17) is 0 Å². The van der Waals surface area contributed by atoms with Crippen LogP contribution in [0.2, 0.25) is 0 Å². The third-order valence-corrected chi connectivity index (χ3v) is 3.95. The van der Waals surface area contributed by atoms with E-state index < -0.39 is 0 Å². The van der Waals surface area contributed by atoms with Crippen LogP contribution in [0.1, 0.15) is 26.7 Å². The van der Waals surface area contributed by atoms with Crippen LogP contribution in [-0.4, -0.2) is 25.0 Å². The Morgan fingerprint density at radius 1 is 1.17 bits per heavy atom. The Morgan fingerprint density at radius 3 is 2.58 bits per heavy atom. The summed E-state index contributed by atoms with van der Waals surface area (Å²) in [4.78, 5) is 2.52. The van der Waals surface area contributed by atoms with E-state index in [1.807, 2.05) is 0 Å². The lowest BCUT2D eigenvalue weighted by Crippen LogP contribution is -2.21. The largest absolute Gasteiger partial charge is 0.306 e. The fourth-order valence-corrected chi connectivity index (χ4v) is 3.36. The van der Waals surface area contributed by atoms with Crippen molar-refractivity contribution < 1.29 is 0 Å². The number of rotatable bonds is 1. The highest BCUT2D eigenvalue weighted by atomic mass is 15.1. The zero-order valence-corrected chi connectivity index (χ0v) is 8.59. The van der Waals surface area contributed by atoms with Crippen molar-refractivity contribution in [1.29, 1.82) is 0 Å². The van der Waals surface area contributed by atoms with Crippen molar-refractivity contribution in [3.63, 3.8) is 0 Å². The van der Waals surface area contributed by atoms with Gasteiger partial charge < -0.3 is 4.90 Å². The molecule has 0 aromatic carbocycles. The average molecular weight is 167 g/mol. The Morgan fingerprint density at radius 2 is 1.92 bits per heavy atom. The first-order chi connectivity index (χ1) is 5.68. The molecule has 70 valence electrons. The van der Waals surface area contributed by atoms with Gasteiger partial charge in [-0.25, -0.2) is 0 Å². The number of hydrogen-bond acceptors (Lipinski definition) is 1. The van der Waals surface area contributed by atoms with Gasteiger partial charge in [-0.15, -0.1) is 0 Å². The third-order valence-electron chi connectivity index (χ3n) is 3.95. The molecule has 1 aliphatic heterocycles. The molecule has 3 atom stereocenters. The average Bonchev–Trinajstić information content (AvgIpc) is 2.43. The maximum atomic E-state index is 2.52. The first-order valence-electron chi connectivity index (χ1n) is 5.37. The van der Waals surface area contributed by atoms with Crippen molar-refractivity contribution in [2.24, 2.45) is 23.7 Å². The maximum absolute atomic E-state index is 2.52. The summed E-state index contributed by atoms with van der Waals surface area (Å²) in [6.45, 7) is 7.53. The van der Waals surface area contributed by atoms with Crippen LogP contribution >= 0.6 is 0 Å². The van der Waals surface area contributed by atoms with Crippen LogP contribution in [0.25, 0.3) is 0 Å². The number of likely N-dealkylation sites (tertiary alicyclic amines) is 1. The molecule has 2 fully saturated rings. The molecule has 12 heavy (non-hydrogen) atoms. The predicted molar refractivity (Wildman–Crippen MR) is 52.0 cm³/mol. The molecule has 0 radical (unpaired) electrons. The molecule has 0 bridgehead atoms. The zero-order chi connectivity index (χ0) is 8.72. The quantitative estimate of drug-likeness (QED) is 0.579. The molecule has 0 aromatic heterocycles. The Hall–Kier alpha value is -0.0400. The van der Waals surface area contributed by atoms with E-state index in [-0.39, 0.29) is 0 Å². The van der Waals surface area contributed by atoms with Gasteiger partial charge in [-0.3, -0.25) is 0 Å². The van der Waals surface area contributed by atoms with Crippen molar-refractivity contribution in [2.75, 3.05) is 20.1 Å². The van der Waals surface area contributed by atoms with Gasteiger partial charge >= 0.3 is 0 Å². The summed E-state index contributed by atoms with van der Waals surface area (Å²) in [5.74, 6) is 4.02. The third kappa shape index (κ3) is 1.28. The Labute approximate surface area is 76.1 Å². The van der Waals surface area contributed by atoms with E-state index in [2.05, 4.69) is 25.8 Å². The molecule has 0 aromatic rings. The summed E-state index contributed by atoms with van der Waals surface area (Å²) in [7, 11) is 2.27. The number of fused-ring (bicyclic) bond motifs is 1. The van der Waals surface area contributed by atoms with Crippen molar-refractivity contribution in [3.8, 4) is 0 Å². The molecule has 0 spiro atoms. The summed E-state index contributed by atoms with van der Waals surface area (Å²) in [6, 6.07) is 0. The highest BCUT2D eigenvalue weighted by Gasteiger charge is 2.42. The first kappa shape index (κ1) is 8.55. The monoisotopic (exact) mass is 167 g/mol. The fourth-order valence-electron chi connectivity index (χ4n) is 3.36. The van der Waals surface area contributed by atoms with E-state index >= 15 is 0 Å². The summed E-state index contributed by atoms with van der Waals surface area (Å²) in [6.07, 6.45) is 3.00. The minimum Gasteiger partial charge on any atom is -0.306 e. The fraction of sp³-hybridized carbons (Fsp3) is 1.00. The van der Waals surface area contributed by atoms with E-state index in [0.29, 0.717) is 0 Å². The van der Waals surface area contributed by atoms with Gasteiger partial charge in [-0.1, -0.05) is 13.8 Å². The smallest absolute Gasteiger partial charge is 0.00126 e. The van der Waals surface area contributed by atoms with Crippen LogP contribution in [0.3, 0.4) is 0 Å². The van der Waals surface area contributed by atoms with Crippen molar-refractivity contribution >= 4 is 0 Å². The first-order valence-corrected chi connectivity index (χ1v) is 5.37. The minimum atomic E-state index is 0.909. The molecule has 2 rings (SSSR count). The lowest BCUT2D eigenvalue weighted by Gasteiger charge is -2.22. The Balaban J connectivity index is 2.03. The second-order valence-electron chi connectivity index (χ2n) is 5.13. The maximum Gasteiger partial charge on any atom is 0.00126 e. The van der Waals surface area contributed by atoms with Crippen LogP contribution in [0, 0.1) is 23.7 Å². The van der Waals surface area contributed by atoms with Gasteiger partial charge in [0.15, 0.2) is 0 Å². The Bertz CT molecular complexity index is 164. The normalized spacial score (nSPS) is 42.5. The van der Waals surface area contributed by atoms with Gasteiger partial charge in [0.05, 0.1) is 0 Å². The van der Waals surface area contributed by atoms with Crippen LogP contribution in [-0.2, 0) is 0 Å². The second kappa shape index (κ2) is 3.02. The molecule has 2 aliphatic rings. The molecule has 1 heterocycles. The topological polar surface area (TPSA) is 3.24 Å². The van der Waals surface area contributed by atoms with Crippen molar-refractivity contribution in [2.45, 2.75) is 26.7 Å². The standard InChI is InChI=1S/C11H21N/c1-8(2)10-5-4-9-6-12(3)7-11(9)10/h8-11H,4-7H2,1-3H3/t9-,10?,11+/m1/s1. The minimum absolute atomic E-state index is 0.909. The van der Waals surface area contributed by atoms with Crippen LogP contribution in [0.15, 0.2) is 0 Å². The summed E-state index contributed by atoms with van der Waals surface area (Å²) in [5, 5.41) is 0. The molecule has 1 aliphatic carbocycles. The molecule has 1 saturated carbocycles. The SMILES string of the molecule is CC(C)C1CC[C@@H]2CN(C)C[C@H]12. The molecule has 1 saturated heterocycles. The lowest BCUT2D eigenvalue weighted by atomic mass is 9.84. The highest BCUT2D eigenvalue weighted by molar-refractivity contribution is 4.93. The van der Waals surface area contributed by atoms with Gasteiger partial charge in [0.1, 0.15) is 0 Å². The van der Waals surface area contributed by atoms with Gasteiger partial charge in [0, 0.05) is 13.1 Å². The van der Waals surface area contributed by atoms with Crippen LogP contribution in [0.5, 0.6) is 0 Å². The highest BCUT2D eigenvalue weighted by Crippen LogP contribution is 2.44. The van der Waals surface area contributed by atoms with Gasteiger partial charge in [-0.05, 0) is 43.6 Å². The molecular formula is C11H21N. The predicted octanol–water partition coefficient (Wildman–Crippen LogP) is 2.23. The van der Waals surface area contributed by atoms with Crippen LogP contribution in [0.4, 0.5) is 0 Å². The van der Waals surface area contributed by atoms with Gasteiger partial charge in [-0.2, -0.15) is 0 Å². The van der Waals surface area contributed by atoms with Crippen LogP contribution < -0.4 is 0 Å². The molecule has 1 unspecified atom stereocenters. The van der Waals surface area contributed by atoms with E-state index in [9.17, 15) is 0 Å². The van der Waals surface area contributed by atoms with Crippen molar-refractivity contribution in [1.82, 2.24) is 4.90 Å².